The van der Waals surface area contributed by atoms with Gasteiger partial charge in [-0.1, -0.05) is 48.1 Å². The first-order chi connectivity index (χ1) is 8.93. The minimum absolute atomic E-state index is 0.144. The normalized spacial score (nSPS) is 15.1. The van der Waals surface area contributed by atoms with Crippen LogP contribution in [0.2, 0.25) is 0 Å². The number of rotatable bonds is 8. The Morgan fingerprint density at radius 1 is 1.26 bits per heavy atom. The molecule has 0 aliphatic heterocycles. The summed E-state index contributed by atoms with van der Waals surface area (Å²) in [6.07, 6.45) is 8.14. The van der Waals surface area contributed by atoms with Crippen molar-refractivity contribution in [2.75, 3.05) is 6.54 Å². The third kappa shape index (κ3) is 7.19. The summed E-state index contributed by atoms with van der Waals surface area (Å²) >= 11 is 12.3. The zero-order valence-electron chi connectivity index (χ0n) is 11.6. The lowest BCUT2D eigenvalue weighted by Gasteiger charge is -2.12. The third-order valence-corrected chi connectivity index (χ3v) is 2.67. The Kier molecular flexibility index (Phi) is 9.28. The van der Waals surface area contributed by atoms with E-state index in [1.54, 1.807) is 6.08 Å². The topological polar surface area (TPSA) is 12.4 Å². The van der Waals surface area contributed by atoms with E-state index >= 15 is 0 Å². The van der Waals surface area contributed by atoms with Gasteiger partial charge in [-0.15, -0.1) is 24.8 Å². The molecular weight excluding hydrogens is 277 g/mol. The van der Waals surface area contributed by atoms with E-state index in [2.05, 4.69) is 24.7 Å². The molecule has 0 N–H and O–H groups in total. The van der Waals surface area contributed by atoms with Crippen LogP contribution in [0.25, 0.3) is 0 Å². The molecule has 1 atom stereocenters. The first-order valence-electron chi connectivity index (χ1n) is 6.08. The van der Waals surface area contributed by atoms with Crippen LogP contribution >= 0.6 is 23.2 Å². The van der Waals surface area contributed by atoms with Crippen LogP contribution in [-0.2, 0) is 0 Å². The lowest BCUT2D eigenvalue weighted by Crippen LogP contribution is -2.04. The van der Waals surface area contributed by atoms with Crippen molar-refractivity contribution in [1.82, 2.24) is 0 Å². The van der Waals surface area contributed by atoms with Gasteiger partial charge < -0.3 is 0 Å². The monoisotopic (exact) mass is 297 g/mol. The third-order valence-electron chi connectivity index (χ3n) is 2.22. The fourth-order valence-corrected chi connectivity index (χ4v) is 1.80. The van der Waals surface area contributed by atoms with Crippen molar-refractivity contribution in [2.24, 2.45) is 4.99 Å². The smallest absolute Gasteiger partial charge is 0.131 e. The zero-order valence-corrected chi connectivity index (χ0v) is 13.1. The van der Waals surface area contributed by atoms with Crippen LogP contribution in [0.15, 0.2) is 65.8 Å². The lowest BCUT2D eigenvalue weighted by atomic mass is 9.98. The highest BCUT2D eigenvalue weighted by Gasteiger charge is 2.12. The SMILES string of the molecule is C=CC\C=C(C(=C)C)/C(=C\C(C)Cl)C(/Cl)=N\CC=C. The molecule has 0 rings (SSSR count). The first kappa shape index (κ1) is 17.9. The second kappa shape index (κ2) is 9.82. The molecule has 0 radical (unpaired) electrons. The number of nitrogens with zero attached hydrogens (tertiary/aromatic N) is 1. The highest BCUT2D eigenvalue weighted by atomic mass is 35.5. The molecule has 19 heavy (non-hydrogen) atoms. The van der Waals surface area contributed by atoms with Crippen molar-refractivity contribution < 1.29 is 0 Å². The van der Waals surface area contributed by atoms with Gasteiger partial charge in [0.15, 0.2) is 0 Å². The molecule has 0 saturated carbocycles. The summed E-state index contributed by atoms with van der Waals surface area (Å²) in [5.74, 6) is 0. The molecular formula is C16H21Cl2N. The predicted octanol–water partition coefficient (Wildman–Crippen LogP) is 5.44. The van der Waals surface area contributed by atoms with E-state index in [0.29, 0.717) is 11.7 Å². The molecule has 0 saturated heterocycles. The number of aliphatic imine (C=N–C) groups is 1. The van der Waals surface area contributed by atoms with Gasteiger partial charge in [0.05, 0.1) is 6.54 Å². The molecule has 0 aliphatic rings. The summed E-state index contributed by atoms with van der Waals surface area (Å²) in [6, 6.07) is 0. The van der Waals surface area contributed by atoms with Gasteiger partial charge in [-0.25, -0.2) is 0 Å². The molecule has 0 spiro atoms. The van der Waals surface area contributed by atoms with Gasteiger partial charge in [0, 0.05) is 11.0 Å². The van der Waals surface area contributed by atoms with Crippen LogP contribution < -0.4 is 0 Å². The molecule has 0 fully saturated rings. The van der Waals surface area contributed by atoms with Gasteiger partial charge in [0.1, 0.15) is 5.17 Å². The van der Waals surface area contributed by atoms with E-state index in [0.717, 1.165) is 23.1 Å². The van der Waals surface area contributed by atoms with Crippen molar-refractivity contribution in [3.05, 3.63) is 60.8 Å². The van der Waals surface area contributed by atoms with Crippen LogP contribution in [-0.4, -0.2) is 17.1 Å². The van der Waals surface area contributed by atoms with E-state index in [1.807, 2.05) is 32.1 Å². The molecule has 0 bridgehead atoms. The van der Waals surface area contributed by atoms with Gasteiger partial charge in [0.2, 0.25) is 0 Å². The van der Waals surface area contributed by atoms with Crippen molar-refractivity contribution in [3.63, 3.8) is 0 Å². The Morgan fingerprint density at radius 2 is 1.89 bits per heavy atom. The predicted molar refractivity (Wildman–Crippen MR) is 89.5 cm³/mol. The van der Waals surface area contributed by atoms with Crippen molar-refractivity contribution in [1.29, 1.82) is 0 Å². The minimum atomic E-state index is -0.144. The fraction of sp³-hybridized carbons (Fsp3) is 0.312. The average Bonchev–Trinajstić information content (AvgIpc) is 2.34. The molecule has 1 unspecified atom stereocenters. The maximum atomic E-state index is 6.25. The summed E-state index contributed by atoms with van der Waals surface area (Å²) in [6.45, 7) is 15.6. The van der Waals surface area contributed by atoms with E-state index < -0.39 is 0 Å². The average molecular weight is 298 g/mol. The molecule has 0 heterocycles. The maximum absolute atomic E-state index is 6.25. The van der Waals surface area contributed by atoms with Crippen LogP contribution in [0, 0.1) is 0 Å². The molecule has 104 valence electrons. The largest absolute Gasteiger partial charge is 0.268 e. The molecule has 3 heteroatoms. The molecule has 0 aromatic heterocycles. The minimum Gasteiger partial charge on any atom is -0.268 e. The van der Waals surface area contributed by atoms with Gasteiger partial charge in [0.25, 0.3) is 0 Å². The fourth-order valence-electron chi connectivity index (χ4n) is 1.44. The molecule has 0 aromatic carbocycles. The van der Waals surface area contributed by atoms with E-state index in [-0.39, 0.29) is 5.38 Å². The second-order valence-electron chi connectivity index (χ2n) is 4.10. The van der Waals surface area contributed by atoms with E-state index in [4.69, 9.17) is 23.2 Å². The number of hydrogen-bond donors (Lipinski definition) is 0. The van der Waals surface area contributed by atoms with Crippen LogP contribution in [0.3, 0.4) is 0 Å². The first-order valence-corrected chi connectivity index (χ1v) is 6.89. The summed E-state index contributed by atoms with van der Waals surface area (Å²) < 4.78 is 0. The van der Waals surface area contributed by atoms with Crippen LogP contribution in [0.1, 0.15) is 20.3 Å². The lowest BCUT2D eigenvalue weighted by molar-refractivity contribution is 1.19. The van der Waals surface area contributed by atoms with Crippen LogP contribution in [0.5, 0.6) is 0 Å². The van der Waals surface area contributed by atoms with E-state index in [1.165, 1.54) is 0 Å². The second-order valence-corrected chi connectivity index (χ2v) is 5.15. The zero-order chi connectivity index (χ0) is 14.8. The Hall–Kier alpha value is -1.05. The Labute approximate surface area is 126 Å². The maximum Gasteiger partial charge on any atom is 0.131 e. The van der Waals surface area contributed by atoms with Gasteiger partial charge >= 0.3 is 0 Å². The van der Waals surface area contributed by atoms with Gasteiger partial charge in [-0.3, -0.25) is 4.99 Å². The summed E-state index contributed by atoms with van der Waals surface area (Å²) in [5, 5.41) is 0.278. The summed E-state index contributed by atoms with van der Waals surface area (Å²) in [7, 11) is 0. The molecule has 0 amide bonds. The summed E-state index contributed by atoms with van der Waals surface area (Å²) in [5.41, 5.74) is 2.67. The molecule has 0 aliphatic carbocycles. The Balaban J connectivity index is 5.62. The van der Waals surface area contributed by atoms with Crippen molar-refractivity contribution >= 4 is 28.4 Å². The highest BCUT2D eigenvalue weighted by molar-refractivity contribution is 6.70. The standard InChI is InChI=1S/C16H21Cl2N/c1-6-8-9-14(12(3)4)15(11-13(5)17)16(18)19-10-7-2/h6-7,9,11,13H,1-3,8,10H2,4-5H3/b14-9-,15-11+,19-16+. The number of alkyl halides is 1. The number of hydrogen-bond acceptors (Lipinski definition) is 1. The molecule has 1 nitrogen and oxygen atoms in total. The van der Waals surface area contributed by atoms with Gasteiger partial charge in [-0.05, 0) is 25.8 Å². The van der Waals surface area contributed by atoms with E-state index in [9.17, 15) is 0 Å². The Bertz CT molecular complexity index is 426. The highest BCUT2D eigenvalue weighted by Crippen LogP contribution is 2.23. The quantitative estimate of drug-likeness (QED) is 0.245. The van der Waals surface area contributed by atoms with Crippen molar-refractivity contribution in [3.8, 4) is 0 Å². The van der Waals surface area contributed by atoms with Gasteiger partial charge in [-0.2, -0.15) is 0 Å². The van der Waals surface area contributed by atoms with Crippen molar-refractivity contribution in [2.45, 2.75) is 25.6 Å². The number of allylic oxidation sites excluding steroid dienone is 6. The molecule has 0 aromatic rings. The summed E-state index contributed by atoms with van der Waals surface area (Å²) in [4.78, 5) is 4.24. The Morgan fingerprint density at radius 3 is 2.32 bits per heavy atom. The van der Waals surface area contributed by atoms with Crippen LogP contribution in [0.4, 0.5) is 0 Å². The number of halogens is 2.